The van der Waals surface area contributed by atoms with Gasteiger partial charge in [-0.2, -0.15) is 0 Å². The fraction of sp³-hybridized carbons (Fsp3) is 0.455. The van der Waals surface area contributed by atoms with E-state index in [0.29, 0.717) is 6.42 Å². The molecular weight excluding hydrogens is 206 g/mol. The van der Waals surface area contributed by atoms with Crippen LogP contribution in [0.2, 0.25) is 19.1 Å². The van der Waals surface area contributed by atoms with Crippen LogP contribution in [0.1, 0.15) is 6.42 Å². The van der Waals surface area contributed by atoms with Crippen molar-refractivity contribution in [3.8, 4) is 0 Å². The first kappa shape index (κ1) is 11.9. The SMILES string of the molecule is COC(=O)CC[Si](C)(C)c1ccccn1. The molecule has 1 aromatic rings. The van der Waals surface area contributed by atoms with Crippen molar-refractivity contribution >= 4 is 19.4 Å². The molecule has 0 fully saturated rings. The Morgan fingerprint density at radius 2 is 2.20 bits per heavy atom. The number of hydrogen-bond acceptors (Lipinski definition) is 3. The van der Waals surface area contributed by atoms with Gasteiger partial charge in [0.2, 0.25) is 0 Å². The van der Waals surface area contributed by atoms with E-state index >= 15 is 0 Å². The van der Waals surface area contributed by atoms with Crippen molar-refractivity contribution in [1.29, 1.82) is 0 Å². The molecule has 3 nitrogen and oxygen atoms in total. The van der Waals surface area contributed by atoms with E-state index in [1.54, 1.807) is 0 Å². The standard InChI is InChI=1S/C11H17NO2Si/c1-14-11(13)7-9-15(2,3)10-6-4-5-8-12-10/h4-6,8H,7,9H2,1-3H3. The highest BCUT2D eigenvalue weighted by molar-refractivity contribution is 6.89. The second-order valence-corrected chi connectivity index (χ2v) is 8.96. The Labute approximate surface area is 91.5 Å². The van der Waals surface area contributed by atoms with Gasteiger partial charge in [-0.25, -0.2) is 0 Å². The molecule has 82 valence electrons. The highest BCUT2D eigenvalue weighted by Crippen LogP contribution is 2.11. The number of methoxy groups -OCH3 is 1. The van der Waals surface area contributed by atoms with Crippen molar-refractivity contribution in [2.75, 3.05) is 7.11 Å². The summed E-state index contributed by atoms with van der Waals surface area (Å²) in [6, 6.07) is 6.84. The third-order valence-electron chi connectivity index (χ3n) is 2.54. The third kappa shape index (κ3) is 3.47. The summed E-state index contributed by atoms with van der Waals surface area (Å²) in [4.78, 5) is 15.4. The number of carbonyl (C=O) groups excluding carboxylic acids is 1. The molecule has 4 heteroatoms. The minimum absolute atomic E-state index is 0.133. The number of ether oxygens (including phenoxy) is 1. The van der Waals surface area contributed by atoms with Crippen LogP contribution in [0.5, 0.6) is 0 Å². The monoisotopic (exact) mass is 223 g/mol. The molecule has 0 aliphatic heterocycles. The van der Waals surface area contributed by atoms with Crippen molar-refractivity contribution in [3.05, 3.63) is 24.4 Å². The maximum atomic E-state index is 11.1. The van der Waals surface area contributed by atoms with E-state index in [9.17, 15) is 4.79 Å². The lowest BCUT2D eigenvalue weighted by molar-refractivity contribution is -0.140. The number of carbonyl (C=O) groups is 1. The van der Waals surface area contributed by atoms with Gasteiger partial charge in [0, 0.05) is 17.9 Å². The lowest BCUT2D eigenvalue weighted by Gasteiger charge is -2.20. The molecule has 0 aliphatic rings. The molecule has 1 rings (SSSR count). The molecule has 0 spiro atoms. The Morgan fingerprint density at radius 3 is 2.73 bits per heavy atom. The van der Waals surface area contributed by atoms with Crippen LogP contribution in [0, 0.1) is 0 Å². The molecule has 1 aromatic heterocycles. The number of pyridine rings is 1. The second-order valence-electron chi connectivity index (χ2n) is 4.17. The van der Waals surface area contributed by atoms with Crippen LogP contribution < -0.4 is 5.32 Å². The summed E-state index contributed by atoms with van der Waals surface area (Å²) in [5.74, 6) is -0.133. The average Bonchev–Trinajstić information content (AvgIpc) is 2.27. The normalized spacial score (nSPS) is 11.1. The van der Waals surface area contributed by atoms with Gasteiger partial charge in [-0.3, -0.25) is 9.78 Å². The maximum Gasteiger partial charge on any atom is 0.305 e. The van der Waals surface area contributed by atoms with Gasteiger partial charge in [-0.15, -0.1) is 0 Å². The molecule has 0 radical (unpaired) electrons. The van der Waals surface area contributed by atoms with Gasteiger partial charge in [-0.1, -0.05) is 19.2 Å². The summed E-state index contributed by atoms with van der Waals surface area (Å²) in [5.41, 5.74) is 0. The van der Waals surface area contributed by atoms with Gasteiger partial charge in [0.05, 0.1) is 7.11 Å². The molecule has 0 saturated carbocycles. The second kappa shape index (κ2) is 5.07. The summed E-state index contributed by atoms with van der Waals surface area (Å²) in [5, 5.41) is 1.15. The van der Waals surface area contributed by atoms with Gasteiger partial charge >= 0.3 is 5.97 Å². The zero-order valence-corrected chi connectivity index (χ0v) is 10.5. The maximum absolute atomic E-state index is 11.1. The zero-order valence-electron chi connectivity index (χ0n) is 9.49. The van der Waals surface area contributed by atoms with E-state index in [1.807, 2.05) is 24.4 Å². The van der Waals surface area contributed by atoms with E-state index < -0.39 is 8.07 Å². The third-order valence-corrected chi connectivity index (χ3v) is 5.72. The molecule has 0 atom stereocenters. The Bertz CT molecular complexity index is 325. The van der Waals surface area contributed by atoms with Crippen LogP contribution in [-0.2, 0) is 9.53 Å². The molecule has 0 N–H and O–H groups in total. The Hall–Kier alpha value is -1.16. The van der Waals surface area contributed by atoms with Crippen LogP contribution in [0.4, 0.5) is 0 Å². The van der Waals surface area contributed by atoms with Crippen LogP contribution in [0.25, 0.3) is 0 Å². The van der Waals surface area contributed by atoms with Gasteiger partial charge < -0.3 is 4.74 Å². The first-order valence-corrected chi connectivity index (χ1v) is 8.25. The first-order valence-electron chi connectivity index (χ1n) is 5.04. The Morgan fingerprint density at radius 1 is 1.47 bits per heavy atom. The summed E-state index contributed by atoms with van der Waals surface area (Å²) in [6.07, 6.45) is 2.30. The Balaban J connectivity index is 2.63. The van der Waals surface area contributed by atoms with Crippen molar-refractivity contribution in [2.45, 2.75) is 25.6 Å². The summed E-state index contributed by atoms with van der Waals surface area (Å²) in [7, 11) is -0.142. The molecule has 0 bridgehead atoms. The van der Waals surface area contributed by atoms with Gasteiger partial charge in [0.15, 0.2) is 0 Å². The van der Waals surface area contributed by atoms with E-state index in [4.69, 9.17) is 0 Å². The van der Waals surface area contributed by atoms with Crippen molar-refractivity contribution in [2.24, 2.45) is 0 Å². The predicted molar refractivity (Wildman–Crippen MR) is 62.8 cm³/mol. The van der Waals surface area contributed by atoms with Crippen LogP contribution in [-0.4, -0.2) is 26.1 Å². The van der Waals surface area contributed by atoms with Crippen LogP contribution in [0.3, 0.4) is 0 Å². The molecule has 1 heterocycles. The summed E-state index contributed by atoms with van der Waals surface area (Å²) >= 11 is 0. The number of aromatic nitrogens is 1. The highest BCUT2D eigenvalue weighted by Gasteiger charge is 2.25. The van der Waals surface area contributed by atoms with Crippen molar-refractivity contribution in [1.82, 2.24) is 4.98 Å². The van der Waals surface area contributed by atoms with Crippen molar-refractivity contribution in [3.63, 3.8) is 0 Å². The molecule has 0 saturated heterocycles. The largest absolute Gasteiger partial charge is 0.469 e. The smallest absolute Gasteiger partial charge is 0.305 e. The average molecular weight is 223 g/mol. The minimum atomic E-state index is -1.57. The predicted octanol–water partition coefficient (Wildman–Crippen LogP) is 1.56. The molecule has 0 aromatic carbocycles. The van der Waals surface area contributed by atoms with Gasteiger partial charge in [0.1, 0.15) is 8.07 Å². The number of esters is 1. The van der Waals surface area contributed by atoms with E-state index in [-0.39, 0.29) is 5.97 Å². The molecule has 0 amide bonds. The van der Waals surface area contributed by atoms with E-state index in [2.05, 4.69) is 22.8 Å². The number of hydrogen-bond donors (Lipinski definition) is 0. The summed E-state index contributed by atoms with van der Waals surface area (Å²) in [6.45, 7) is 4.44. The van der Waals surface area contributed by atoms with E-state index in [0.717, 1.165) is 11.4 Å². The lowest BCUT2D eigenvalue weighted by Crippen LogP contribution is -2.43. The van der Waals surface area contributed by atoms with Crippen LogP contribution >= 0.6 is 0 Å². The summed E-state index contributed by atoms with van der Waals surface area (Å²) < 4.78 is 4.64. The van der Waals surface area contributed by atoms with Gasteiger partial charge in [0.25, 0.3) is 0 Å². The molecule has 15 heavy (non-hydrogen) atoms. The van der Waals surface area contributed by atoms with E-state index in [1.165, 1.54) is 7.11 Å². The van der Waals surface area contributed by atoms with Gasteiger partial charge in [-0.05, 0) is 18.2 Å². The quantitative estimate of drug-likeness (QED) is 0.574. The minimum Gasteiger partial charge on any atom is -0.469 e. The number of nitrogens with zero attached hydrogens (tertiary/aromatic N) is 1. The van der Waals surface area contributed by atoms with Crippen molar-refractivity contribution < 1.29 is 9.53 Å². The first-order chi connectivity index (χ1) is 7.06. The molecular formula is C11H17NO2Si. The van der Waals surface area contributed by atoms with Crippen LogP contribution in [0.15, 0.2) is 24.4 Å². The fourth-order valence-corrected chi connectivity index (χ4v) is 3.46. The molecule has 0 aliphatic carbocycles. The zero-order chi connectivity index (χ0) is 11.3. The lowest BCUT2D eigenvalue weighted by atomic mass is 10.5. The molecule has 0 unspecified atom stereocenters. The topological polar surface area (TPSA) is 39.2 Å². The highest BCUT2D eigenvalue weighted by atomic mass is 28.3. The fourth-order valence-electron chi connectivity index (χ4n) is 1.41. The Kier molecular flexibility index (Phi) is 4.02. The number of rotatable bonds is 4.